The van der Waals surface area contributed by atoms with E-state index in [2.05, 4.69) is 17.8 Å². The van der Waals surface area contributed by atoms with Gasteiger partial charge in [-0.3, -0.25) is 0 Å². The fourth-order valence-corrected chi connectivity index (χ4v) is 2.39. The molecule has 4 nitrogen and oxygen atoms in total. The van der Waals surface area contributed by atoms with Gasteiger partial charge in [-0.15, -0.1) is 0 Å². The summed E-state index contributed by atoms with van der Waals surface area (Å²) in [5.74, 6) is 1.27. The van der Waals surface area contributed by atoms with Crippen LogP contribution >= 0.6 is 11.6 Å². The Bertz CT molecular complexity index is 605. The molecule has 0 saturated carbocycles. The van der Waals surface area contributed by atoms with Crippen LogP contribution in [0.25, 0.3) is 0 Å². The first-order valence-corrected chi connectivity index (χ1v) is 8.15. The van der Waals surface area contributed by atoms with Crippen LogP contribution in [-0.4, -0.2) is 13.7 Å². The predicted octanol–water partition coefficient (Wildman–Crippen LogP) is 4.64. The molecule has 0 aliphatic carbocycles. The van der Waals surface area contributed by atoms with Crippen molar-refractivity contribution < 1.29 is 9.47 Å². The van der Waals surface area contributed by atoms with Gasteiger partial charge in [0.05, 0.1) is 18.7 Å². The maximum absolute atomic E-state index is 6.33. The maximum Gasteiger partial charge on any atom is 0.179 e. The molecule has 2 aromatic rings. The molecule has 2 rings (SSSR count). The number of nitrogens with one attached hydrogen (secondary N) is 2. The number of halogens is 1. The molecule has 2 N–H and O–H groups in total. The Labute approximate surface area is 142 Å². The van der Waals surface area contributed by atoms with Crippen molar-refractivity contribution in [1.29, 1.82) is 0 Å². The molecule has 0 aliphatic rings. The highest BCUT2D eigenvalue weighted by Crippen LogP contribution is 2.36. The average molecular weight is 335 g/mol. The second kappa shape index (κ2) is 9.28. The highest BCUT2D eigenvalue weighted by atomic mass is 35.5. The van der Waals surface area contributed by atoms with Gasteiger partial charge in [-0.1, -0.05) is 43.1 Å². The summed E-state index contributed by atoms with van der Waals surface area (Å²) >= 11 is 6.33. The lowest BCUT2D eigenvalue weighted by atomic mass is 10.2. The molecular formula is C18H23ClN2O2. The van der Waals surface area contributed by atoms with Crippen LogP contribution in [0.15, 0.2) is 42.5 Å². The summed E-state index contributed by atoms with van der Waals surface area (Å²) in [6.07, 6.45) is 2.07. The third-order valence-electron chi connectivity index (χ3n) is 3.33. The smallest absolute Gasteiger partial charge is 0.179 e. The molecule has 0 saturated heterocycles. The van der Waals surface area contributed by atoms with Gasteiger partial charge in [0.1, 0.15) is 0 Å². The number of para-hydroxylation sites is 1. The van der Waals surface area contributed by atoms with Crippen molar-refractivity contribution in [3.8, 4) is 11.5 Å². The number of hydrogen-bond acceptors (Lipinski definition) is 4. The van der Waals surface area contributed by atoms with Gasteiger partial charge in [-0.05, 0) is 36.2 Å². The van der Waals surface area contributed by atoms with E-state index >= 15 is 0 Å². The highest BCUT2D eigenvalue weighted by molar-refractivity contribution is 6.32. The summed E-state index contributed by atoms with van der Waals surface area (Å²) in [5, 5.41) is 0.567. The standard InChI is InChI=1S/C18H23ClN2O2/c1-3-4-10-23-18-16(19)11-14(12-17(18)22-2)13-20-21-15-8-6-5-7-9-15/h5-9,11-12,20-21H,3-4,10,13H2,1-2H3. The fourth-order valence-electron chi connectivity index (χ4n) is 2.10. The predicted molar refractivity (Wildman–Crippen MR) is 95.3 cm³/mol. The summed E-state index contributed by atoms with van der Waals surface area (Å²) < 4.78 is 11.1. The van der Waals surface area contributed by atoms with Crippen molar-refractivity contribution in [2.75, 3.05) is 19.1 Å². The van der Waals surface area contributed by atoms with Gasteiger partial charge in [-0.2, -0.15) is 0 Å². The highest BCUT2D eigenvalue weighted by Gasteiger charge is 2.11. The molecule has 5 heteroatoms. The van der Waals surface area contributed by atoms with Crippen molar-refractivity contribution in [2.45, 2.75) is 26.3 Å². The van der Waals surface area contributed by atoms with E-state index in [1.54, 1.807) is 7.11 Å². The Morgan fingerprint density at radius 3 is 2.61 bits per heavy atom. The van der Waals surface area contributed by atoms with Crippen molar-refractivity contribution in [3.63, 3.8) is 0 Å². The minimum Gasteiger partial charge on any atom is -0.493 e. The van der Waals surface area contributed by atoms with E-state index in [1.807, 2.05) is 42.5 Å². The summed E-state index contributed by atoms with van der Waals surface area (Å²) in [5.41, 5.74) is 8.32. The van der Waals surface area contributed by atoms with Gasteiger partial charge in [0, 0.05) is 12.2 Å². The average Bonchev–Trinajstić information content (AvgIpc) is 2.57. The first-order valence-electron chi connectivity index (χ1n) is 7.77. The number of benzene rings is 2. The van der Waals surface area contributed by atoms with Gasteiger partial charge in [0.2, 0.25) is 0 Å². The number of ether oxygens (including phenoxy) is 2. The molecule has 0 aliphatic heterocycles. The molecule has 23 heavy (non-hydrogen) atoms. The molecule has 0 radical (unpaired) electrons. The van der Waals surface area contributed by atoms with Crippen molar-refractivity contribution in [3.05, 3.63) is 53.1 Å². The van der Waals surface area contributed by atoms with Crippen LogP contribution in [0.5, 0.6) is 11.5 Å². The fraction of sp³-hybridized carbons (Fsp3) is 0.333. The van der Waals surface area contributed by atoms with E-state index in [9.17, 15) is 0 Å². The number of unbranched alkanes of at least 4 members (excludes halogenated alkanes) is 1. The van der Waals surface area contributed by atoms with Crippen molar-refractivity contribution in [2.24, 2.45) is 0 Å². The van der Waals surface area contributed by atoms with E-state index < -0.39 is 0 Å². The maximum atomic E-state index is 6.33. The van der Waals surface area contributed by atoms with E-state index in [0.717, 1.165) is 24.1 Å². The number of hydrogen-bond donors (Lipinski definition) is 2. The van der Waals surface area contributed by atoms with Gasteiger partial charge in [0.25, 0.3) is 0 Å². The van der Waals surface area contributed by atoms with Gasteiger partial charge < -0.3 is 14.9 Å². The molecule has 0 atom stereocenters. The Balaban J connectivity index is 1.98. The lowest BCUT2D eigenvalue weighted by Gasteiger charge is -2.15. The summed E-state index contributed by atoms with van der Waals surface area (Å²) in [7, 11) is 1.62. The second-order valence-corrected chi connectivity index (χ2v) is 5.56. The van der Waals surface area contributed by atoms with E-state index in [-0.39, 0.29) is 0 Å². The zero-order valence-electron chi connectivity index (χ0n) is 13.6. The third-order valence-corrected chi connectivity index (χ3v) is 3.61. The van der Waals surface area contributed by atoms with Crippen LogP contribution in [0.2, 0.25) is 5.02 Å². The minimum absolute atomic E-state index is 0.567. The van der Waals surface area contributed by atoms with Crippen LogP contribution in [0.4, 0.5) is 5.69 Å². The molecule has 0 spiro atoms. The first-order chi connectivity index (χ1) is 11.2. The summed E-state index contributed by atoms with van der Waals surface area (Å²) in [6.45, 7) is 3.37. The van der Waals surface area contributed by atoms with Gasteiger partial charge in [-0.25, -0.2) is 5.43 Å². The molecule has 124 valence electrons. The molecule has 0 unspecified atom stereocenters. The second-order valence-electron chi connectivity index (χ2n) is 5.16. The van der Waals surface area contributed by atoms with E-state index in [0.29, 0.717) is 29.7 Å². The van der Waals surface area contributed by atoms with Gasteiger partial charge in [0.15, 0.2) is 11.5 Å². The lowest BCUT2D eigenvalue weighted by Crippen LogP contribution is -2.20. The number of anilines is 1. The summed E-state index contributed by atoms with van der Waals surface area (Å²) in [4.78, 5) is 0. The van der Waals surface area contributed by atoms with Crippen LogP contribution < -0.4 is 20.3 Å². The largest absolute Gasteiger partial charge is 0.493 e. The number of hydrazine groups is 1. The molecular weight excluding hydrogens is 312 g/mol. The van der Waals surface area contributed by atoms with Crippen LogP contribution in [-0.2, 0) is 6.54 Å². The number of methoxy groups -OCH3 is 1. The zero-order valence-corrected chi connectivity index (χ0v) is 14.3. The van der Waals surface area contributed by atoms with Crippen LogP contribution in [0, 0.1) is 0 Å². The van der Waals surface area contributed by atoms with Crippen LogP contribution in [0.3, 0.4) is 0 Å². The minimum atomic E-state index is 0.567. The molecule has 0 bridgehead atoms. The van der Waals surface area contributed by atoms with E-state index in [1.165, 1.54) is 0 Å². The molecule has 0 heterocycles. The quantitative estimate of drug-likeness (QED) is 0.517. The Morgan fingerprint density at radius 1 is 1.13 bits per heavy atom. The molecule has 0 aromatic heterocycles. The molecule has 0 fully saturated rings. The Morgan fingerprint density at radius 2 is 1.91 bits per heavy atom. The normalized spacial score (nSPS) is 10.4. The van der Waals surface area contributed by atoms with Gasteiger partial charge >= 0.3 is 0 Å². The SMILES string of the molecule is CCCCOc1c(Cl)cc(CNNc2ccccc2)cc1OC. The zero-order chi connectivity index (χ0) is 16.5. The summed E-state index contributed by atoms with van der Waals surface area (Å²) in [6, 6.07) is 13.8. The first kappa shape index (κ1) is 17.4. The van der Waals surface area contributed by atoms with E-state index in [4.69, 9.17) is 21.1 Å². The third kappa shape index (κ3) is 5.34. The monoisotopic (exact) mass is 334 g/mol. The lowest BCUT2D eigenvalue weighted by molar-refractivity contribution is 0.288. The number of rotatable bonds is 9. The Kier molecular flexibility index (Phi) is 7.04. The molecule has 2 aromatic carbocycles. The topological polar surface area (TPSA) is 42.5 Å². The van der Waals surface area contributed by atoms with Crippen LogP contribution in [0.1, 0.15) is 25.3 Å². The van der Waals surface area contributed by atoms with Crippen molar-refractivity contribution in [1.82, 2.24) is 5.43 Å². The Hall–Kier alpha value is -1.91. The van der Waals surface area contributed by atoms with Crippen molar-refractivity contribution >= 4 is 17.3 Å². The molecule has 0 amide bonds.